The molecule has 0 saturated carbocycles. The van der Waals surface area contributed by atoms with Crippen LogP contribution in [-0.4, -0.2) is 23.2 Å². The molecule has 1 N–H and O–H groups in total. The summed E-state index contributed by atoms with van der Waals surface area (Å²) in [7, 11) is 1.55. The van der Waals surface area contributed by atoms with Crippen LogP contribution in [0.25, 0.3) is 0 Å². The molecule has 2 atom stereocenters. The fourth-order valence-electron chi connectivity index (χ4n) is 2.91. The van der Waals surface area contributed by atoms with Gasteiger partial charge in [0.05, 0.1) is 18.1 Å². The molecule has 6 nitrogen and oxygen atoms in total. The Kier molecular flexibility index (Phi) is 3.79. The van der Waals surface area contributed by atoms with E-state index in [4.69, 9.17) is 9.47 Å². The second-order valence-electron chi connectivity index (χ2n) is 5.60. The first-order chi connectivity index (χ1) is 10.9. The molecule has 1 aliphatic heterocycles. The smallest absolute Gasteiger partial charge is 0.269 e. The van der Waals surface area contributed by atoms with E-state index in [-0.39, 0.29) is 11.8 Å². The monoisotopic (exact) mass is 315 g/mol. The fourth-order valence-corrected chi connectivity index (χ4v) is 2.91. The predicted octanol–water partition coefficient (Wildman–Crippen LogP) is 2.76. The summed E-state index contributed by atoms with van der Waals surface area (Å²) in [6, 6.07) is 11.2. The molecule has 0 bridgehead atoms. The molecule has 2 aromatic rings. The number of hydrogen-bond acceptors (Lipinski definition) is 5. The number of aliphatic hydroxyl groups is 1. The molecule has 0 saturated heterocycles. The Balaban J connectivity index is 2.11. The van der Waals surface area contributed by atoms with Crippen LogP contribution in [0.1, 0.15) is 23.6 Å². The number of ether oxygens (including phenoxy) is 2. The molecule has 0 aliphatic carbocycles. The van der Waals surface area contributed by atoms with E-state index in [1.165, 1.54) is 24.3 Å². The molecular formula is C17H17NO5. The molecule has 0 spiro atoms. The second-order valence-corrected chi connectivity index (χ2v) is 5.60. The van der Waals surface area contributed by atoms with Crippen LogP contribution in [0.15, 0.2) is 42.5 Å². The van der Waals surface area contributed by atoms with Crippen molar-refractivity contribution in [3.8, 4) is 5.75 Å². The average Bonchev–Trinajstić information content (AvgIpc) is 2.54. The third-order valence-electron chi connectivity index (χ3n) is 4.03. The highest BCUT2D eigenvalue weighted by Gasteiger charge is 2.40. The highest BCUT2D eigenvalue weighted by Crippen LogP contribution is 2.40. The van der Waals surface area contributed by atoms with Gasteiger partial charge in [-0.1, -0.05) is 6.07 Å². The third-order valence-corrected chi connectivity index (χ3v) is 4.03. The van der Waals surface area contributed by atoms with Crippen LogP contribution in [0.5, 0.6) is 5.75 Å². The Morgan fingerprint density at radius 3 is 2.61 bits per heavy atom. The molecule has 0 amide bonds. The van der Waals surface area contributed by atoms with Crippen molar-refractivity contribution >= 4 is 5.69 Å². The molecule has 120 valence electrons. The molecular weight excluding hydrogens is 298 g/mol. The first-order valence-corrected chi connectivity index (χ1v) is 7.26. The highest BCUT2D eigenvalue weighted by atomic mass is 16.6. The van der Waals surface area contributed by atoms with Crippen LogP contribution in [0, 0.1) is 10.1 Å². The van der Waals surface area contributed by atoms with Crippen molar-refractivity contribution in [3.63, 3.8) is 0 Å². The van der Waals surface area contributed by atoms with Gasteiger partial charge in [-0.15, -0.1) is 0 Å². The van der Waals surface area contributed by atoms with Gasteiger partial charge in [0.25, 0.3) is 5.69 Å². The average molecular weight is 315 g/mol. The summed E-state index contributed by atoms with van der Waals surface area (Å²) in [5, 5.41) is 22.0. The minimum Gasteiger partial charge on any atom is -0.497 e. The minimum absolute atomic E-state index is 0.0351. The van der Waals surface area contributed by atoms with Gasteiger partial charge in [-0.25, -0.2) is 0 Å². The van der Waals surface area contributed by atoms with E-state index < -0.39 is 10.7 Å². The van der Waals surface area contributed by atoms with Crippen LogP contribution in [0.3, 0.4) is 0 Å². The lowest BCUT2D eigenvalue weighted by atomic mass is 9.87. The number of nitro groups is 1. The summed E-state index contributed by atoms with van der Waals surface area (Å²) >= 11 is 0. The Hall–Kier alpha value is -2.44. The summed E-state index contributed by atoms with van der Waals surface area (Å²) in [6.45, 7) is 1.88. The maximum absolute atomic E-state index is 11.2. The van der Waals surface area contributed by atoms with Crippen molar-refractivity contribution in [2.45, 2.75) is 25.2 Å². The normalized spacial score (nSPS) is 23.2. The number of methoxy groups -OCH3 is 1. The van der Waals surface area contributed by atoms with Gasteiger partial charge in [0.2, 0.25) is 5.79 Å². The van der Waals surface area contributed by atoms with Crippen molar-refractivity contribution in [1.29, 1.82) is 0 Å². The number of rotatable bonds is 3. The SMILES string of the molecule is COc1ccc2c(c1)C(O)(c1ccc([N+](=O)[O-])cc1)OC(C)C2. The molecule has 23 heavy (non-hydrogen) atoms. The summed E-state index contributed by atoms with van der Waals surface area (Å²) in [5.74, 6) is -1.04. The zero-order valence-corrected chi connectivity index (χ0v) is 12.9. The third kappa shape index (κ3) is 2.67. The van der Waals surface area contributed by atoms with Gasteiger partial charge in [0.15, 0.2) is 0 Å². The van der Waals surface area contributed by atoms with E-state index >= 15 is 0 Å². The summed E-state index contributed by atoms with van der Waals surface area (Å²) in [4.78, 5) is 10.3. The van der Waals surface area contributed by atoms with Gasteiger partial charge in [-0.3, -0.25) is 10.1 Å². The van der Waals surface area contributed by atoms with E-state index in [9.17, 15) is 15.2 Å². The number of hydrogen-bond donors (Lipinski definition) is 1. The standard InChI is InChI=1S/C17H17NO5/c1-11-9-12-3-8-15(22-2)10-16(12)17(19,23-11)13-4-6-14(7-5-13)18(20)21/h3-8,10-11,19H,9H2,1-2H3. The molecule has 0 radical (unpaired) electrons. The quantitative estimate of drug-likeness (QED) is 0.695. The van der Waals surface area contributed by atoms with Crippen LogP contribution in [0.4, 0.5) is 5.69 Å². The molecule has 0 fully saturated rings. The Morgan fingerprint density at radius 1 is 1.30 bits per heavy atom. The van der Waals surface area contributed by atoms with Gasteiger partial charge >= 0.3 is 0 Å². The maximum Gasteiger partial charge on any atom is 0.269 e. The Labute approximate surface area is 133 Å². The topological polar surface area (TPSA) is 81.8 Å². The number of nitrogens with zero attached hydrogens (tertiary/aromatic N) is 1. The first-order valence-electron chi connectivity index (χ1n) is 7.26. The van der Waals surface area contributed by atoms with Gasteiger partial charge in [0.1, 0.15) is 5.75 Å². The fraction of sp³-hybridized carbons (Fsp3) is 0.294. The molecule has 1 aliphatic rings. The predicted molar refractivity (Wildman–Crippen MR) is 83.3 cm³/mol. The van der Waals surface area contributed by atoms with Gasteiger partial charge in [-0.2, -0.15) is 0 Å². The first kappa shape index (κ1) is 15.5. The van der Waals surface area contributed by atoms with Crippen LogP contribution < -0.4 is 4.74 Å². The molecule has 2 unspecified atom stereocenters. The lowest BCUT2D eigenvalue weighted by Crippen LogP contribution is -2.40. The lowest BCUT2D eigenvalue weighted by molar-refractivity contribution is -0.384. The second kappa shape index (κ2) is 5.64. The Morgan fingerprint density at radius 2 is 2.00 bits per heavy atom. The Bertz CT molecular complexity index is 743. The van der Waals surface area contributed by atoms with Crippen LogP contribution >= 0.6 is 0 Å². The van der Waals surface area contributed by atoms with Crippen molar-refractivity contribution in [3.05, 3.63) is 69.3 Å². The van der Waals surface area contributed by atoms with Gasteiger partial charge < -0.3 is 14.6 Å². The van der Waals surface area contributed by atoms with Crippen molar-refractivity contribution in [2.75, 3.05) is 7.11 Å². The summed E-state index contributed by atoms with van der Waals surface area (Å²) < 4.78 is 11.0. The molecule has 6 heteroatoms. The minimum atomic E-state index is -1.66. The van der Waals surface area contributed by atoms with Crippen LogP contribution in [0.2, 0.25) is 0 Å². The maximum atomic E-state index is 11.2. The largest absolute Gasteiger partial charge is 0.497 e. The number of non-ortho nitro benzene ring substituents is 1. The van der Waals surface area contributed by atoms with E-state index in [1.807, 2.05) is 19.1 Å². The van der Waals surface area contributed by atoms with Crippen molar-refractivity contribution < 1.29 is 19.5 Å². The molecule has 0 aromatic heterocycles. The summed E-state index contributed by atoms with van der Waals surface area (Å²) in [6.07, 6.45) is 0.491. The van der Waals surface area contributed by atoms with Gasteiger partial charge in [0, 0.05) is 23.3 Å². The molecule has 2 aromatic carbocycles. The van der Waals surface area contributed by atoms with Crippen molar-refractivity contribution in [1.82, 2.24) is 0 Å². The summed E-state index contributed by atoms with van der Waals surface area (Å²) in [5.41, 5.74) is 1.98. The van der Waals surface area contributed by atoms with Crippen LogP contribution in [-0.2, 0) is 16.9 Å². The van der Waals surface area contributed by atoms with E-state index in [0.717, 1.165) is 5.56 Å². The highest BCUT2D eigenvalue weighted by molar-refractivity contribution is 5.46. The zero-order valence-electron chi connectivity index (χ0n) is 12.9. The number of fused-ring (bicyclic) bond motifs is 1. The zero-order chi connectivity index (χ0) is 16.6. The van der Waals surface area contributed by atoms with E-state index in [2.05, 4.69) is 0 Å². The van der Waals surface area contributed by atoms with Gasteiger partial charge in [-0.05, 0) is 43.2 Å². The molecule has 3 rings (SSSR count). The molecule has 1 heterocycles. The van der Waals surface area contributed by atoms with E-state index in [0.29, 0.717) is 23.3 Å². The van der Waals surface area contributed by atoms with E-state index in [1.54, 1.807) is 13.2 Å². The number of benzene rings is 2. The number of nitro benzene ring substituents is 1. The van der Waals surface area contributed by atoms with Crippen molar-refractivity contribution in [2.24, 2.45) is 0 Å². The lowest BCUT2D eigenvalue weighted by Gasteiger charge is -2.38.